The van der Waals surface area contributed by atoms with Crippen molar-refractivity contribution >= 4 is 0 Å². The second-order valence-corrected chi connectivity index (χ2v) is 4.24. The molecule has 0 aromatic heterocycles. The molecule has 0 fully saturated rings. The Bertz CT molecular complexity index is 289. The standard InChI is InChI=1S/C11H15NO/c1-11(2,12)10-7-8-5-3-4-6-9(8)13-10/h3-6,10H,7,12H2,1-2H3. The van der Waals surface area contributed by atoms with Gasteiger partial charge in [-0.25, -0.2) is 0 Å². The topological polar surface area (TPSA) is 35.2 Å². The molecule has 1 aromatic rings. The molecule has 0 aliphatic carbocycles. The Balaban J connectivity index is 2.23. The van der Waals surface area contributed by atoms with Gasteiger partial charge in [-0.2, -0.15) is 0 Å². The number of nitrogens with two attached hydrogens (primary N) is 1. The number of ether oxygens (including phenoxy) is 1. The molecule has 2 N–H and O–H groups in total. The van der Waals surface area contributed by atoms with Gasteiger partial charge in [0.05, 0.1) is 0 Å². The molecule has 2 nitrogen and oxygen atoms in total. The van der Waals surface area contributed by atoms with Crippen molar-refractivity contribution in [1.82, 2.24) is 0 Å². The van der Waals surface area contributed by atoms with Crippen LogP contribution in [0.3, 0.4) is 0 Å². The van der Waals surface area contributed by atoms with Crippen LogP contribution in [0.4, 0.5) is 0 Å². The maximum atomic E-state index is 6.00. The van der Waals surface area contributed by atoms with Crippen LogP contribution in [0.5, 0.6) is 5.75 Å². The first-order chi connectivity index (χ1) is 6.07. The Morgan fingerprint density at radius 1 is 1.38 bits per heavy atom. The first kappa shape index (κ1) is 8.57. The highest BCUT2D eigenvalue weighted by atomic mass is 16.5. The molecule has 1 atom stereocenters. The van der Waals surface area contributed by atoms with E-state index < -0.39 is 0 Å². The van der Waals surface area contributed by atoms with Crippen molar-refractivity contribution < 1.29 is 4.74 Å². The zero-order valence-electron chi connectivity index (χ0n) is 8.08. The van der Waals surface area contributed by atoms with E-state index in [2.05, 4.69) is 6.07 Å². The van der Waals surface area contributed by atoms with Gasteiger partial charge in [0, 0.05) is 12.0 Å². The van der Waals surface area contributed by atoms with Crippen molar-refractivity contribution in [3.05, 3.63) is 29.8 Å². The molecule has 1 aromatic carbocycles. The number of benzene rings is 1. The Labute approximate surface area is 78.7 Å². The summed E-state index contributed by atoms with van der Waals surface area (Å²) in [7, 11) is 0. The van der Waals surface area contributed by atoms with Gasteiger partial charge in [0.25, 0.3) is 0 Å². The van der Waals surface area contributed by atoms with Crippen LogP contribution in [0.15, 0.2) is 24.3 Å². The summed E-state index contributed by atoms with van der Waals surface area (Å²) in [5.41, 5.74) is 7.00. The second kappa shape index (κ2) is 2.74. The number of fused-ring (bicyclic) bond motifs is 1. The number of hydrogen-bond donors (Lipinski definition) is 1. The van der Waals surface area contributed by atoms with Crippen LogP contribution < -0.4 is 10.5 Å². The van der Waals surface area contributed by atoms with E-state index in [-0.39, 0.29) is 11.6 Å². The summed E-state index contributed by atoms with van der Waals surface area (Å²) in [6.45, 7) is 4.01. The number of rotatable bonds is 1. The van der Waals surface area contributed by atoms with Gasteiger partial charge in [0.15, 0.2) is 0 Å². The summed E-state index contributed by atoms with van der Waals surface area (Å²) < 4.78 is 5.75. The molecule has 1 heterocycles. The van der Waals surface area contributed by atoms with Crippen molar-refractivity contribution in [2.75, 3.05) is 0 Å². The van der Waals surface area contributed by atoms with Gasteiger partial charge in [-0.15, -0.1) is 0 Å². The molecule has 0 saturated heterocycles. The minimum Gasteiger partial charge on any atom is -0.488 e. The first-order valence-electron chi connectivity index (χ1n) is 4.61. The molecule has 1 aliphatic rings. The average molecular weight is 177 g/mol. The predicted octanol–water partition coefficient (Wildman–Crippen LogP) is 1.73. The van der Waals surface area contributed by atoms with Gasteiger partial charge in [0.1, 0.15) is 11.9 Å². The second-order valence-electron chi connectivity index (χ2n) is 4.24. The number of para-hydroxylation sites is 1. The minimum absolute atomic E-state index is 0.116. The van der Waals surface area contributed by atoms with E-state index >= 15 is 0 Å². The van der Waals surface area contributed by atoms with Crippen LogP contribution in [0, 0.1) is 0 Å². The third-order valence-corrected chi connectivity index (χ3v) is 2.48. The fourth-order valence-corrected chi connectivity index (χ4v) is 1.60. The maximum Gasteiger partial charge on any atom is 0.123 e. The largest absolute Gasteiger partial charge is 0.488 e. The fraction of sp³-hybridized carbons (Fsp3) is 0.455. The molecule has 13 heavy (non-hydrogen) atoms. The van der Waals surface area contributed by atoms with Crippen LogP contribution in [0.2, 0.25) is 0 Å². The lowest BCUT2D eigenvalue weighted by Gasteiger charge is -2.25. The van der Waals surface area contributed by atoms with Gasteiger partial charge in [0.2, 0.25) is 0 Å². The quantitative estimate of drug-likeness (QED) is 0.709. The van der Waals surface area contributed by atoms with Gasteiger partial charge in [-0.1, -0.05) is 18.2 Å². The SMILES string of the molecule is CC(C)(N)C1Cc2ccccc2O1. The Morgan fingerprint density at radius 2 is 2.08 bits per heavy atom. The van der Waals surface area contributed by atoms with Crippen LogP contribution in [0.25, 0.3) is 0 Å². The number of hydrogen-bond acceptors (Lipinski definition) is 2. The van der Waals surface area contributed by atoms with Crippen LogP contribution >= 0.6 is 0 Å². The highest BCUT2D eigenvalue weighted by Gasteiger charge is 2.32. The molecule has 0 saturated carbocycles. The van der Waals surface area contributed by atoms with E-state index in [1.54, 1.807) is 0 Å². The smallest absolute Gasteiger partial charge is 0.123 e. The Hall–Kier alpha value is -1.02. The third-order valence-electron chi connectivity index (χ3n) is 2.48. The highest BCUT2D eigenvalue weighted by molar-refractivity contribution is 5.38. The monoisotopic (exact) mass is 177 g/mol. The molecule has 0 radical (unpaired) electrons. The predicted molar refractivity (Wildman–Crippen MR) is 52.8 cm³/mol. The van der Waals surface area contributed by atoms with E-state index in [1.807, 2.05) is 32.0 Å². The molecule has 70 valence electrons. The molecule has 2 rings (SSSR count). The summed E-state index contributed by atoms with van der Waals surface area (Å²) >= 11 is 0. The molecule has 1 unspecified atom stereocenters. The van der Waals surface area contributed by atoms with Crippen molar-refractivity contribution in [2.24, 2.45) is 5.73 Å². The average Bonchev–Trinajstić information content (AvgIpc) is 2.45. The first-order valence-corrected chi connectivity index (χ1v) is 4.61. The Morgan fingerprint density at radius 3 is 2.69 bits per heavy atom. The molecule has 0 amide bonds. The van der Waals surface area contributed by atoms with Crippen molar-refractivity contribution in [3.8, 4) is 5.75 Å². The van der Waals surface area contributed by atoms with E-state index in [0.29, 0.717) is 0 Å². The minimum atomic E-state index is -0.265. The van der Waals surface area contributed by atoms with Crippen LogP contribution in [-0.2, 0) is 6.42 Å². The Kier molecular flexibility index (Phi) is 1.81. The van der Waals surface area contributed by atoms with E-state index in [4.69, 9.17) is 10.5 Å². The fourth-order valence-electron chi connectivity index (χ4n) is 1.60. The third kappa shape index (κ3) is 1.54. The molecular weight excluding hydrogens is 162 g/mol. The van der Waals surface area contributed by atoms with Gasteiger partial charge >= 0.3 is 0 Å². The van der Waals surface area contributed by atoms with Crippen molar-refractivity contribution in [3.63, 3.8) is 0 Å². The zero-order valence-corrected chi connectivity index (χ0v) is 8.08. The lowest BCUT2D eigenvalue weighted by atomic mass is 9.95. The maximum absolute atomic E-state index is 6.00. The summed E-state index contributed by atoms with van der Waals surface area (Å²) in [6, 6.07) is 8.13. The molecule has 2 heteroatoms. The van der Waals surface area contributed by atoms with E-state index in [9.17, 15) is 0 Å². The zero-order chi connectivity index (χ0) is 9.47. The van der Waals surface area contributed by atoms with Gasteiger partial charge in [-0.05, 0) is 25.5 Å². The van der Waals surface area contributed by atoms with E-state index in [0.717, 1.165) is 12.2 Å². The van der Waals surface area contributed by atoms with Crippen molar-refractivity contribution in [1.29, 1.82) is 0 Å². The summed E-state index contributed by atoms with van der Waals surface area (Å²) in [5, 5.41) is 0. The van der Waals surface area contributed by atoms with Crippen molar-refractivity contribution in [2.45, 2.75) is 31.9 Å². The lowest BCUT2D eigenvalue weighted by Crippen LogP contribution is -2.47. The molecular formula is C11H15NO. The normalized spacial score (nSPS) is 21.0. The van der Waals surface area contributed by atoms with Crippen LogP contribution in [0.1, 0.15) is 19.4 Å². The highest BCUT2D eigenvalue weighted by Crippen LogP contribution is 2.31. The summed E-state index contributed by atoms with van der Waals surface area (Å²) in [4.78, 5) is 0. The summed E-state index contributed by atoms with van der Waals surface area (Å²) in [6.07, 6.45) is 1.05. The van der Waals surface area contributed by atoms with E-state index in [1.165, 1.54) is 5.56 Å². The summed E-state index contributed by atoms with van der Waals surface area (Å²) in [5.74, 6) is 0.992. The molecule has 0 spiro atoms. The molecule has 1 aliphatic heterocycles. The van der Waals surface area contributed by atoms with Crippen LogP contribution in [-0.4, -0.2) is 11.6 Å². The molecule has 0 bridgehead atoms. The van der Waals surface area contributed by atoms with Gasteiger partial charge in [-0.3, -0.25) is 0 Å². The lowest BCUT2D eigenvalue weighted by molar-refractivity contribution is 0.153. The van der Waals surface area contributed by atoms with Gasteiger partial charge < -0.3 is 10.5 Å².